The normalized spacial score (nSPS) is 10.6. The van der Waals surface area contributed by atoms with E-state index in [-0.39, 0.29) is 0 Å². The largest absolute Gasteiger partial charge is 0.496 e. The molecule has 0 bridgehead atoms. The van der Waals surface area contributed by atoms with Gasteiger partial charge in [0, 0.05) is 10.0 Å². The van der Waals surface area contributed by atoms with Crippen molar-refractivity contribution in [2.24, 2.45) is 5.10 Å². The van der Waals surface area contributed by atoms with E-state index in [2.05, 4.69) is 10.5 Å². The van der Waals surface area contributed by atoms with Crippen molar-refractivity contribution < 1.29 is 9.53 Å². The Hall–Kier alpha value is -2.04. The zero-order chi connectivity index (χ0) is 15.2. The molecule has 0 fully saturated rings. The molecular formula is C15H12Cl2N2O2. The Kier molecular flexibility index (Phi) is 5.20. The summed E-state index contributed by atoms with van der Waals surface area (Å²) in [4.78, 5) is 12.0. The molecule has 4 nitrogen and oxygen atoms in total. The third kappa shape index (κ3) is 4.21. The summed E-state index contributed by atoms with van der Waals surface area (Å²) in [6.07, 6.45) is 1.50. The first kappa shape index (κ1) is 15.4. The molecule has 2 aromatic rings. The van der Waals surface area contributed by atoms with Gasteiger partial charge in [0.1, 0.15) is 5.75 Å². The minimum atomic E-state index is -0.410. The molecule has 0 spiro atoms. The Morgan fingerprint density at radius 2 is 1.95 bits per heavy atom. The van der Waals surface area contributed by atoms with E-state index in [1.54, 1.807) is 30.3 Å². The highest BCUT2D eigenvalue weighted by molar-refractivity contribution is 6.31. The second-order valence-corrected chi connectivity index (χ2v) is 4.97. The molecular weight excluding hydrogens is 311 g/mol. The standard InChI is InChI=1S/C15H12Cl2N2O2/c1-21-14-6-5-12(17)8-13(14)15(20)19-18-9-10-3-2-4-11(16)7-10/h2-9H,1H3,(H,19,20). The van der Waals surface area contributed by atoms with Crippen LogP contribution in [0.4, 0.5) is 0 Å². The molecule has 0 aliphatic heterocycles. The monoisotopic (exact) mass is 322 g/mol. The molecule has 0 unspecified atom stereocenters. The Morgan fingerprint density at radius 3 is 2.67 bits per heavy atom. The summed E-state index contributed by atoms with van der Waals surface area (Å²) in [5.41, 5.74) is 3.51. The summed E-state index contributed by atoms with van der Waals surface area (Å²) in [6.45, 7) is 0. The number of ether oxygens (including phenoxy) is 1. The highest BCUT2D eigenvalue weighted by Crippen LogP contribution is 2.22. The number of halogens is 2. The lowest BCUT2D eigenvalue weighted by Crippen LogP contribution is -2.18. The van der Waals surface area contributed by atoms with E-state index in [1.165, 1.54) is 19.4 Å². The number of carbonyl (C=O) groups is 1. The molecule has 21 heavy (non-hydrogen) atoms. The van der Waals surface area contributed by atoms with Crippen LogP contribution in [0.25, 0.3) is 0 Å². The van der Waals surface area contributed by atoms with Gasteiger partial charge in [-0.25, -0.2) is 5.43 Å². The molecule has 0 heterocycles. The van der Waals surface area contributed by atoms with Gasteiger partial charge in [0.2, 0.25) is 0 Å². The Labute approximate surface area is 132 Å². The van der Waals surface area contributed by atoms with Crippen LogP contribution in [0.2, 0.25) is 10.0 Å². The molecule has 0 aliphatic carbocycles. The van der Waals surface area contributed by atoms with E-state index in [1.807, 2.05) is 6.07 Å². The van der Waals surface area contributed by atoms with Crippen LogP contribution in [0.15, 0.2) is 47.6 Å². The first-order valence-corrected chi connectivity index (χ1v) is 6.78. The number of nitrogens with one attached hydrogen (secondary N) is 1. The van der Waals surface area contributed by atoms with Crippen molar-refractivity contribution in [3.63, 3.8) is 0 Å². The van der Waals surface area contributed by atoms with Gasteiger partial charge in [0.25, 0.3) is 5.91 Å². The fourth-order valence-corrected chi connectivity index (χ4v) is 2.04. The number of rotatable bonds is 4. The molecule has 0 aliphatic rings. The Morgan fingerprint density at radius 1 is 1.19 bits per heavy atom. The summed E-state index contributed by atoms with van der Waals surface area (Å²) < 4.78 is 5.11. The van der Waals surface area contributed by atoms with Gasteiger partial charge in [0.15, 0.2) is 0 Å². The van der Waals surface area contributed by atoms with Crippen LogP contribution in [0.3, 0.4) is 0 Å². The van der Waals surface area contributed by atoms with Crippen molar-refractivity contribution in [3.8, 4) is 5.75 Å². The van der Waals surface area contributed by atoms with E-state index >= 15 is 0 Å². The number of methoxy groups -OCH3 is 1. The van der Waals surface area contributed by atoms with Crippen LogP contribution >= 0.6 is 23.2 Å². The maximum atomic E-state index is 12.0. The highest BCUT2D eigenvalue weighted by atomic mass is 35.5. The quantitative estimate of drug-likeness (QED) is 0.688. The first-order chi connectivity index (χ1) is 10.1. The Bertz CT molecular complexity index is 687. The zero-order valence-electron chi connectivity index (χ0n) is 11.1. The molecule has 0 saturated carbocycles. The van der Waals surface area contributed by atoms with Gasteiger partial charge in [-0.2, -0.15) is 5.10 Å². The molecule has 2 rings (SSSR count). The van der Waals surface area contributed by atoms with Crippen LogP contribution < -0.4 is 10.2 Å². The molecule has 0 radical (unpaired) electrons. The molecule has 1 N–H and O–H groups in total. The number of hydrazone groups is 1. The molecule has 0 saturated heterocycles. The predicted octanol–water partition coefficient (Wildman–Crippen LogP) is 3.77. The summed E-state index contributed by atoms with van der Waals surface area (Å²) in [5, 5.41) is 4.93. The first-order valence-electron chi connectivity index (χ1n) is 6.02. The van der Waals surface area contributed by atoms with Crippen molar-refractivity contribution >= 4 is 35.3 Å². The van der Waals surface area contributed by atoms with E-state index < -0.39 is 5.91 Å². The number of hydrogen-bond acceptors (Lipinski definition) is 3. The summed E-state index contributed by atoms with van der Waals surface area (Å²) in [5.74, 6) is 0.0162. The second kappa shape index (κ2) is 7.11. The van der Waals surface area contributed by atoms with Gasteiger partial charge in [-0.05, 0) is 35.9 Å². The molecule has 108 valence electrons. The summed E-state index contributed by atoms with van der Waals surface area (Å²) in [6, 6.07) is 11.9. The van der Waals surface area contributed by atoms with Crippen molar-refractivity contribution in [1.82, 2.24) is 5.43 Å². The van der Waals surface area contributed by atoms with Crippen molar-refractivity contribution in [2.75, 3.05) is 7.11 Å². The third-order valence-corrected chi connectivity index (χ3v) is 3.10. The third-order valence-electron chi connectivity index (χ3n) is 2.63. The van der Waals surface area contributed by atoms with Gasteiger partial charge in [-0.1, -0.05) is 35.3 Å². The number of amides is 1. The molecule has 2 aromatic carbocycles. The van der Waals surface area contributed by atoms with Crippen LogP contribution in [-0.2, 0) is 0 Å². The summed E-state index contributed by atoms with van der Waals surface area (Å²) >= 11 is 11.7. The lowest BCUT2D eigenvalue weighted by atomic mass is 10.2. The van der Waals surface area contributed by atoms with Gasteiger partial charge in [-0.15, -0.1) is 0 Å². The van der Waals surface area contributed by atoms with Gasteiger partial charge >= 0.3 is 0 Å². The van der Waals surface area contributed by atoms with Crippen LogP contribution in [-0.4, -0.2) is 19.2 Å². The van der Waals surface area contributed by atoms with E-state index in [4.69, 9.17) is 27.9 Å². The zero-order valence-corrected chi connectivity index (χ0v) is 12.7. The number of benzene rings is 2. The van der Waals surface area contributed by atoms with Crippen LogP contribution in [0.5, 0.6) is 5.75 Å². The van der Waals surface area contributed by atoms with Crippen molar-refractivity contribution in [3.05, 3.63) is 63.6 Å². The van der Waals surface area contributed by atoms with Gasteiger partial charge < -0.3 is 4.74 Å². The van der Waals surface area contributed by atoms with Crippen molar-refractivity contribution in [1.29, 1.82) is 0 Å². The van der Waals surface area contributed by atoms with Gasteiger partial charge in [0.05, 0.1) is 18.9 Å². The second-order valence-electron chi connectivity index (χ2n) is 4.10. The van der Waals surface area contributed by atoms with E-state index in [0.717, 1.165) is 5.56 Å². The number of hydrogen-bond donors (Lipinski definition) is 1. The van der Waals surface area contributed by atoms with Crippen LogP contribution in [0, 0.1) is 0 Å². The molecule has 6 heteroatoms. The van der Waals surface area contributed by atoms with Crippen LogP contribution in [0.1, 0.15) is 15.9 Å². The Balaban J connectivity index is 2.10. The molecule has 0 atom stereocenters. The van der Waals surface area contributed by atoms with Crippen molar-refractivity contribution in [2.45, 2.75) is 0 Å². The topological polar surface area (TPSA) is 50.7 Å². The average Bonchev–Trinajstić information content (AvgIpc) is 2.47. The minimum Gasteiger partial charge on any atom is -0.496 e. The fraction of sp³-hybridized carbons (Fsp3) is 0.0667. The maximum absolute atomic E-state index is 12.0. The lowest BCUT2D eigenvalue weighted by Gasteiger charge is -2.07. The predicted molar refractivity (Wildman–Crippen MR) is 84.5 cm³/mol. The fourth-order valence-electron chi connectivity index (χ4n) is 1.67. The number of carbonyl (C=O) groups excluding carboxylic acids is 1. The maximum Gasteiger partial charge on any atom is 0.275 e. The number of nitrogens with zero attached hydrogens (tertiary/aromatic N) is 1. The van der Waals surface area contributed by atoms with Gasteiger partial charge in [-0.3, -0.25) is 4.79 Å². The SMILES string of the molecule is COc1ccc(Cl)cc1C(=O)NN=Cc1cccc(Cl)c1. The smallest absolute Gasteiger partial charge is 0.275 e. The summed E-state index contributed by atoms with van der Waals surface area (Å²) in [7, 11) is 1.48. The van der Waals surface area contributed by atoms with E-state index in [9.17, 15) is 4.79 Å². The molecule has 1 amide bonds. The molecule has 0 aromatic heterocycles. The highest BCUT2D eigenvalue weighted by Gasteiger charge is 2.11. The lowest BCUT2D eigenvalue weighted by molar-refractivity contribution is 0.0952. The average molecular weight is 323 g/mol. The minimum absolute atomic E-state index is 0.313. The van der Waals surface area contributed by atoms with E-state index in [0.29, 0.717) is 21.4 Å².